The Morgan fingerprint density at radius 1 is 1.61 bits per heavy atom. The first kappa shape index (κ1) is 13.6. The summed E-state index contributed by atoms with van der Waals surface area (Å²) in [6.07, 6.45) is 1.10. The van der Waals surface area contributed by atoms with Gasteiger partial charge in [0.2, 0.25) is 5.69 Å². The normalized spacial score (nSPS) is 10.1. The van der Waals surface area contributed by atoms with Crippen molar-refractivity contribution in [3.05, 3.63) is 22.0 Å². The number of hydrogen-bond acceptors (Lipinski definition) is 5. The van der Waals surface area contributed by atoms with Crippen LogP contribution >= 0.6 is 0 Å². The highest BCUT2D eigenvalue weighted by Crippen LogP contribution is 2.17. The number of rotatable bonds is 5. The van der Waals surface area contributed by atoms with Crippen LogP contribution in [0.4, 0.5) is 5.69 Å². The van der Waals surface area contributed by atoms with Crippen molar-refractivity contribution in [3.63, 3.8) is 0 Å². The number of aliphatic carboxylic acids is 1. The van der Waals surface area contributed by atoms with Crippen molar-refractivity contribution >= 4 is 17.6 Å². The smallest absolute Gasteiger partial charge is 0.323 e. The molecule has 0 radical (unpaired) electrons. The SMILES string of the molecule is CCN(CC(=O)O)C(=O)c1nn(C)cc1[N+](=O)[O-]. The van der Waals surface area contributed by atoms with Crippen LogP contribution < -0.4 is 0 Å². The number of aryl methyl sites for hydroxylation is 1. The van der Waals surface area contributed by atoms with Crippen molar-refractivity contribution in [2.24, 2.45) is 7.05 Å². The highest BCUT2D eigenvalue weighted by Gasteiger charge is 2.29. The zero-order valence-electron chi connectivity index (χ0n) is 9.86. The van der Waals surface area contributed by atoms with Crippen LogP contribution in [0.15, 0.2) is 6.20 Å². The second-order valence-electron chi connectivity index (χ2n) is 3.51. The Morgan fingerprint density at radius 3 is 2.67 bits per heavy atom. The molecule has 0 aromatic carbocycles. The van der Waals surface area contributed by atoms with Gasteiger partial charge in [0.05, 0.1) is 4.92 Å². The van der Waals surface area contributed by atoms with Gasteiger partial charge in [0.15, 0.2) is 0 Å². The monoisotopic (exact) mass is 256 g/mol. The minimum Gasteiger partial charge on any atom is -0.480 e. The molecule has 0 atom stereocenters. The molecular formula is C9H12N4O5. The van der Waals surface area contributed by atoms with E-state index in [9.17, 15) is 19.7 Å². The molecule has 9 heteroatoms. The second-order valence-corrected chi connectivity index (χ2v) is 3.51. The van der Waals surface area contributed by atoms with Gasteiger partial charge in [-0.3, -0.25) is 24.4 Å². The Kier molecular flexibility index (Phi) is 3.97. The van der Waals surface area contributed by atoms with E-state index < -0.39 is 29.0 Å². The van der Waals surface area contributed by atoms with Crippen molar-refractivity contribution in [2.45, 2.75) is 6.92 Å². The molecule has 0 spiro atoms. The quantitative estimate of drug-likeness (QED) is 0.579. The molecule has 0 unspecified atom stereocenters. The molecule has 0 aliphatic heterocycles. The number of nitrogens with zero attached hydrogens (tertiary/aromatic N) is 4. The summed E-state index contributed by atoms with van der Waals surface area (Å²) in [5.41, 5.74) is -0.795. The first-order chi connectivity index (χ1) is 8.36. The average Bonchev–Trinajstić information content (AvgIpc) is 2.67. The van der Waals surface area contributed by atoms with E-state index in [1.807, 2.05) is 0 Å². The predicted molar refractivity (Wildman–Crippen MR) is 59.1 cm³/mol. The lowest BCUT2D eigenvalue weighted by Crippen LogP contribution is -2.36. The van der Waals surface area contributed by atoms with Gasteiger partial charge in [0.25, 0.3) is 5.91 Å². The number of carbonyl (C=O) groups excluding carboxylic acids is 1. The lowest BCUT2D eigenvalue weighted by Gasteiger charge is -2.16. The molecule has 1 N–H and O–H groups in total. The van der Waals surface area contributed by atoms with Crippen molar-refractivity contribution < 1.29 is 19.6 Å². The molecule has 0 saturated heterocycles. The van der Waals surface area contributed by atoms with Crippen LogP contribution in [0.2, 0.25) is 0 Å². The van der Waals surface area contributed by atoms with Gasteiger partial charge in [-0.15, -0.1) is 0 Å². The van der Waals surface area contributed by atoms with Gasteiger partial charge in [-0.1, -0.05) is 0 Å². The van der Waals surface area contributed by atoms with Crippen molar-refractivity contribution in [3.8, 4) is 0 Å². The standard InChI is InChI=1S/C9H12N4O5/c1-3-12(5-7(14)15)9(16)8-6(13(17)18)4-11(2)10-8/h4H,3,5H2,1-2H3,(H,14,15). The summed E-state index contributed by atoms with van der Waals surface area (Å²) < 4.78 is 1.14. The number of hydrogen-bond donors (Lipinski definition) is 1. The molecule has 98 valence electrons. The van der Waals surface area contributed by atoms with E-state index in [1.165, 1.54) is 7.05 Å². The van der Waals surface area contributed by atoms with Gasteiger partial charge in [0.1, 0.15) is 12.7 Å². The van der Waals surface area contributed by atoms with E-state index in [0.717, 1.165) is 15.8 Å². The van der Waals surface area contributed by atoms with Crippen LogP contribution in [0, 0.1) is 10.1 Å². The van der Waals surface area contributed by atoms with Crippen LogP contribution in [0.5, 0.6) is 0 Å². The fourth-order valence-electron chi connectivity index (χ4n) is 1.40. The Labute approximate surface area is 102 Å². The molecule has 1 aromatic rings. The first-order valence-corrected chi connectivity index (χ1v) is 5.06. The Bertz CT molecular complexity index is 495. The number of likely N-dealkylation sites (N-methyl/N-ethyl adjacent to an activating group) is 1. The summed E-state index contributed by atoms with van der Waals surface area (Å²) >= 11 is 0. The summed E-state index contributed by atoms with van der Waals surface area (Å²) in [6, 6.07) is 0. The zero-order chi connectivity index (χ0) is 13.9. The van der Waals surface area contributed by atoms with Gasteiger partial charge in [-0.25, -0.2) is 0 Å². The van der Waals surface area contributed by atoms with E-state index >= 15 is 0 Å². The fraction of sp³-hybridized carbons (Fsp3) is 0.444. The van der Waals surface area contributed by atoms with Crippen molar-refractivity contribution in [2.75, 3.05) is 13.1 Å². The topological polar surface area (TPSA) is 119 Å². The largest absolute Gasteiger partial charge is 0.480 e. The maximum atomic E-state index is 11.9. The lowest BCUT2D eigenvalue weighted by atomic mass is 10.3. The van der Waals surface area contributed by atoms with Crippen LogP contribution in [0.1, 0.15) is 17.4 Å². The Morgan fingerprint density at radius 2 is 2.22 bits per heavy atom. The van der Waals surface area contributed by atoms with Gasteiger partial charge in [-0.2, -0.15) is 5.10 Å². The molecule has 0 aliphatic carbocycles. The molecule has 9 nitrogen and oxygen atoms in total. The lowest BCUT2D eigenvalue weighted by molar-refractivity contribution is -0.385. The van der Waals surface area contributed by atoms with E-state index in [4.69, 9.17) is 5.11 Å². The maximum absolute atomic E-state index is 11.9. The highest BCUT2D eigenvalue weighted by atomic mass is 16.6. The molecule has 1 aromatic heterocycles. The fourth-order valence-corrected chi connectivity index (χ4v) is 1.40. The van der Waals surface area contributed by atoms with Crippen molar-refractivity contribution in [1.82, 2.24) is 14.7 Å². The number of nitro groups is 1. The van der Waals surface area contributed by atoms with E-state index in [2.05, 4.69) is 5.10 Å². The second kappa shape index (κ2) is 5.25. The summed E-state index contributed by atoms with van der Waals surface area (Å²) in [6.45, 7) is 1.18. The van der Waals surface area contributed by atoms with Crippen LogP contribution in [0.3, 0.4) is 0 Å². The third-order valence-corrected chi connectivity index (χ3v) is 2.20. The molecule has 1 amide bonds. The third kappa shape index (κ3) is 2.81. The molecule has 18 heavy (non-hydrogen) atoms. The highest BCUT2D eigenvalue weighted by molar-refractivity contribution is 5.97. The summed E-state index contributed by atoms with van der Waals surface area (Å²) in [4.78, 5) is 33.5. The number of carboxylic acids is 1. The molecule has 0 aliphatic rings. The van der Waals surface area contributed by atoms with Gasteiger partial charge >= 0.3 is 11.7 Å². The first-order valence-electron chi connectivity index (χ1n) is 5.06. The van der Waals surface area contributed by atoms with E-state index in [0.29, 0.717) is 0 Å². The number of carboxylic acid groups (broad SMARTS) is 1. The minimum absolute atomic E-state index is 0.124. The van der Waals surface area contributed by atoms with Crippen molar-refractivity contribution in [1.29, 1.82) is 0 Å². The average molecular weight is 256 g/mol. The van der Waals surface area contributed by atoms with Crippen LogP contribution in [-0.2, 0) is 11.8 Å². The van der Waals surface area contributed by atoms with Gasteiger partial charge in [0, 0.05) is 13.6 Å². The molecule has 0 fully saturated rings. The Hall–Kier alpha value is -2.45. The summed E-state index contributed by atoms with van der Waals surface area (Å²) in [7, 11) is 1.44. The van der Waals surface area contributed by atoms with Gasteiger partial charge < -0.3 is 10.0 Å². The molecule has 1 heterocycles. The summed E-state index contributed by atoms with van der Waals surface area (Å²) in [5.74, 6) is -1.96. The summed E-state index contributed by atoms with van der Waals surface area (Å²) in [5, 5.41) is 23.1. The molecule has 1 rings (SSSR count). The van der Waals surface area contributed by atoms with Crippen LogP contribution in [0.25, 0.3) is 0 Å². The predicted octanol–water partition coefficient (Wildman–Crippen LogP) is -0.125. The zero-order valence-corrected chi connectivity index (χ0v) is 9.86. The van der Waals surface area contributed by atoms with Gasteiger partial charge in [-0.05, 0) is 6.92 Å². The maximum Gasteiger partial charge on any atom is 0.323 e. The molecule has 0 bridgehead atoms. The minimum atomic E-state index is -1.19. The van der Waals surface area contributed by atoms with E-state index in [1.54, 1.807) is 6.92 Å². The number of aromatic nitrogens is 2. The molecular weight excluding hydrogens is 244 g/mol. The molecule has 0 saturated carbocycles. The number of amides is 1. The third-order valence-electron chi connectivity index (χ3n) is 2.20. The number of carbonyl (C=O) groups is 2. The Balaban J connectivity index is 3.08. The van der Waals surface area contributed by atoms with E-state index in [-0.39, 0.29) is 12.2 Å². The van der Waals surface area contributed by atoms with Crippen LogP contribution in [-0.4, -0.2) is 49.7 Å².